The van der Waals surface area contributed by atoms with Gasteiger partial charge in [0.1, 0.15) is 35.6 Å². The molecule has 0 bridgehead atoms. The number of pyridine rings is 2. The van der Waals surface area contributed by atoms with E-state index in [1.807, 2.05) is 36.4 Å². The molecule has 8 nitrogen and oxygen atoms in total. The molecule has 0 spiro atoms. The number of hydrogen-bond acceptors (Lipinski definition) is 7. The van der Waals surface area contributed by atoms with Gasteiger partial charge in [-0.3, -0.25) is 4.40 Å². The fraction of sp³-hybridized carbons (Fsp3) is 0.345. The molecule has 0 unspecified atom stereocenters. The highest BCUT2D eigenvalue weighted by Crippen LogP contribution is 2.31. The summed E-state index contributed by atoms with van der Waals surface area (Å²) in [5, 5.41) is 30.8. The fourth-order valence-electron chi connectivity index (χ4n) is 4.75. The summed E-state index contributed by atoms with van der Waals surface area (Å²) < 4.78 is 7.60. The van der Waals surface area contributed by atoms with Crippen molar-refractivity contribution in [3.8, 4) is 23.1 Å². The summed E-state index contributed by atoms with van der Waals surface area (Å²) >= 11 is 0. The molecule has 5 rings (SSSR count). The monoisotopic (exact) mass is 497 g/mol. The SMILES string of the molecule is CC(C)(O)COc1cc(-c2ccc(N3CCC(O)(Cc4ccccc4)CC3)nc2)n2c(C#N)cnc2c1. The molecule has 0 aliphatic carbocycles. The Labute approximate surface area is 216 Å². The van der Waals surface area contributed by atoms with Crippen molar-refractivity contribution in [2.24, 2.45) is 0 Å². The third kappa shape index (κ3) is 5.58. The summed E-state index contributed by atoms with van der Waals surface area (Å²) in [4.78, 5) is 11.3. The van der Waals surface area contributed by atoms with Crippen LogP contribution in [0.15, 0.2) is 67.0 Å². The Hall–Kier alpha value is -3.93. The standard InChI is InChI=1S/C29H31N5O3/c1-28(2,35)20-37-24-14-25(34-23(17-30)19-32-27(34)15-24)22-8-9-26(31-18-22)33-12-10-29(36,11-13-33)16-21-6-4-3-5-7-21/h3-9,14-15,18-19,35-36H,10-13,16,20H2,1-2H3. The zero-order valence-electron chi connectivity index (χ0n) is 21.1. The Morgan fingerprint density at radius 2 is 1.81 bits per heavy atom. The molecule has 4 aromatic rings. The minimum absolute atomic E-state index is 0.122. The summed E-state index contributed by atoms with van der Waals surface area (Å²) in [5.41, 5.74) is 2.00. The number of nitrogens with zero attached hydrogens (tertiary/aromatic N) is 5. The van der Waals surface area contributed by atoms with Crippen molar-refractivity contribution in [3.63, 3.8) is 0 Å². The Morgan fingerprint density at radius 3 is 2.46 bits per heavy atom. The number of aliphatic hydroxyl groups is 2. The van der Waals surface area contributed by atoms with E-state index in [2.05, 4.69) is 28.1 Å². The zero-order chi connectivity index (χ0) is 26.0. The average Bonchev–Trinajstić information content (AvgIpc) is 3.31. The number of anilines is 1. The van der Waals surface area contributed by atoms with E-state index in [0.717, 1.165) is 35.7 Å². The van der Waals surface area contributed by atoms with Crippen LogP contribution in [0.3, 0.4) is 0 Å². The van der Waals surface area contributed by atoms with Gasteiger partial charge in [0.2, 0.25) is 0 Å². The number of imidazole rings is 1. The largest absolute Gasteiger partial charge is 0.490 e. The average molecular weight is 498 g/mol. The number of ether oxygens (including phenoxy) is 1. The first kappa shape index (κ1) is 24.8. The van der Waals surface area contributed by atoms with Gasteiger partial charge in [0.05, 0.1) is 23.1 Å². The van der Waals surface area contributed by atoms with E-state index in [0.29, 0.717) is 36.4 Å². The number of nitriles is 1. The molecule has 4 heterocycles. The molecule has 3 aromatic heterocycles. The van der Waals surface area contributed by atoms with Crippen molar-refractivity contribution in [2.45, 2.75) is 44.3 Å². The molecule has 0 saturated carbocycles. The number of hydrogen-bond donors (Lipinski definition) is 2. The van der Waals surface area contributed by atoms with Crippen LogP contribution in [0.25, 0.3) is 16.9 Å². The quantitative estimate of drug-likeness (QED) is 0.398. The summed E-state index contributed by atoms with van der Waals surface area (Å²) in [6, 6.07) is 19.8. The molecule has 37 heavy (non-hydrogen) atoms. The molecule has 1 aliphatic heterocycles. The molecule has 0 amide bonds. The maximum atomic E-state index is 11.1. The van der Waals surface area contributed by atoms with Crippen molar-refractivity contribution in [3.05, 3.63) is 78.2 Å². The smallest absolute Gasteiger partial charge is 0.145 e. The third-order valence-electron chi connectivity index (χ3n) is 6.72. The fourth-order valence-corrected chi connectivity index (χ4v) is 4.75. The third-order valence-corrected chi connectivity index (χ3v) is 6.72. The van der Waals surface area contributed by atoms with Gasteiger partial charge < -0.3 is 19.8 Å². The van der Waals surface area contributed by atoms with Crippen LogP contribution in [0.4, 0.5) is 5.82 Å². The molecule has 1 aliphatic rings. The first-order valence-electron chi connectivity index (χ1n) is 12.5. The van der Waals surface area contributed by atoms with Gasteiger partial charge in [-0.2, -0.15) is 5.26 Å². The van der Waals surface area contributed by atoms with Crippen molar-refractivity contribution in [2.75, 3.05) is 24.6 Å². The minimum atomic E-state index is -0.982. The highest BCUT2D eigenvalue weighted by atomic mass is 16.5. The van der Waals surface area contributed by atoms with Crippen LogP contribution in [0.1, 0.15) is 37.9 Å². The van der Waals surface area contributed by atoms with Crippen molar-refractivity contribution in [1.29, 1.82) is 5.26 Å². The molecule has 2 N–H and O–H groups in total. The second kappa shape index (κ2) is 9.85. The first-order valence-corrected chi connectivity index (χ1v) is 12.5. The molecule has 190 valence electrons. The normalized spacial score (nSPS) is 15.5. The van der Waals surface area contributed by atoms with E-state index in [9.17, 15) is 15.5 Å². The van der Waals surface area contributed by atoms with Gasteiger partial charge in [-0.25, -0.2) is 9.97 Å². The van der Waals surface area contributed by atoms with Gasteiger partial charge in [-0.15, -0.1) is 0 Å². The summed E-state index contributed by atoms with van der Waals surface area (Å²) in [6.45, 7) is 4.93. The van der Waals surface area contributed by atoms with Crippen LogP contribution < -0.4 is 9.64 Å². The van der Waals surface area contributed by atoms with Crippen molar-refractivity contribution >= 4 is 11.5 Å². The predicted octanol–water partition coefficient (Wildman–Crippen LogP) is 3.99. The summed E-state index contributed by atoms with van der Waals surface area (Å²) in [6.07, 6.45) is 5.32. The van der Waals surface area contributed by atoms with Crippen molar-refractivity contribution in [1.82, 2.24) is 14.4 Å². The summed E-state index contributed by atoms with van der Waals surface area (Å²) in [5.74, 6) is 1.40. The van der Waals surface area contributed by atoms with Crippen LogP contribution in [-0.2, 0) is 6.42 Å². The molecule has 0 radical (unpaired) electrons. The van der Waals surface area contributed by atoms with Gasteiger partial charge >= 0.3 is 0 Å². The maximum absolute atomic E-state index is 11.1. The van der Waals surface area contributed by atoms with E-state index in [-0.39, 0.29) is 6.61 Å². The van der Waals surface area contributed by atoms with Gasteiger partial charge in [-0.05, 0) is 44.4 Å². The van der Waals surface area contributed by atoms with Crippen LogP contribution in [0.2, 0.25) is 0 Å². The lowest BCUT2D eigenvalue weighted by atomic mass is 9.85. The van der Waals surface area contributed by atoms with Crippen molar-refractivity contribution < 1.29 is 14.9 Å². The molecule has 0 atom stereocenters. The van der Waals surface area contributed by atoms with E-state index in [1.165, 1.54) is 6.20 Å². The Bertz CT molecular complexity index is 1410. The predicted molar refractivity (Wildman–Crippen MR) is 141 cm³/mol. The van der Waals surface area contributed by atoms with Crippen LogP contribution in [0, 0.1) is 11.3 Å². The number of piperidine rings is 1. The molecule has 8 heteroatoms. The lowest BCUT2D eigenvalue weighted by molar-refractivity contribution is 0.0164. The molecule has 1 saturated heterocycles. The van der Waals surface area contributed by atoms with Crippen LogP contribution >= 0.6 is 0 Å². The summed E-state index contributed by atoms with van der Waals surface area (Å²) in [7, 11) is 0. The molecule has 1 aromatic carbocycles. The number of fused-ring (bicyclic) bond motifs is 1. The lowest BCUT2D eigenvalue weighted by Gasteiger charge is -2.39. The first-order chi connectivity index (χ1) is 17.7. The lowest BCUT2D eigenvalue weighted by Crippen LogP contribution is -2.46. The molecular formula is C29H31N5O3. The number of rotatable bonds is 7. The van der Waals surface area contributed by atoms with E-state index in [4.69, 9.17) is 9.72 Å². The number of aromatic nitrogens is 3. The Kier molecular flexibility index (Phi) is 6.59. The highest BCUT2D eigenvalue weighted by Gasteiger charge is 2.32. The van der Waals surface area contributed by atoms with Gasteiger partial charge in [0.15, 0.2) is 0 Å². The Morgan fingerprint density at radius 1 is 1.05 bits per heavy atom. The number of benzene rings is 1. The van der Waals surface area contributed by atoms with E-state index >= 15 is 0 Å². The molecule has 1 fully saturated rings. The van der Waals surface area contributed by atoms with Gasteiger partial charge in [0.25, 0.3) is 0 Å². The Balaban J connectivity index is 1.35. The zero-order valence-corrected chi connectivity index (χ0v) is 21.1. The van der Waals surface area contributed by atoms with E-state index in [1.54, 1.807) is 30.5 Å². The second-order valence-corrected chi connectivity index (χ2v) is 10.4. The second-order valence-electron chi connectivity index (χ2n) is 10.4. The topological polar surface area (TPSA) is 107 Å². The van der Waals surface area contributed by atoms with Crippen LogP contribution in [-0.4, -0.2) is 55.5 Å². The van der Waals surface area contributed by atoms with Gasteiger partial charge in [0, 0.05) is 43.4 Å². The highest BCUT2D eigenvalue weighted by molar-refractivity contribution is 5.68. The maximum Gasteiger partial charge on any atom is 0.145 e. The molecular weight excluding hydrogens is 466 g/mol. The van der Waals surface area contributed by atoms with Gasteiger partial charge in [-0.1, -0.05) is 30.3 Å². The minimum Gasteiger partial charge on any atom is -0.490 e. The van der Waals surface area contributed by atoms with Crippen LogP contribution in [0.5, 0.6) is 5.75 Å². The van der Waals surface area contributed by atoms with E-state index < -0.39 is 11.2 Å².